The number of benzene rings is 2. The number of nitrogens with one attached hydrogen (secondary N) is 1. The minimum atomic E-state index is -0.474. The van der Waals surface area contributed by atoms with Crippen LogP contribution < -0.4 is 16.8 Å². The maximum Gasteiger partial charge on any atom is 0.248 e. The number of amides is 1. The molecule has 2 rings (SSSR count). The third-order valence-electron chi connectivity index (χ3n) is 3.25. The van der Waals surface area contributed by atoms with Crippen LogP contribution in [0.4, 0.5) is 11.4 Å². The van der Waals surface area contributed by atoms with Gasteiger partial charge in [-0.3, -0.25) is 4.79 Å². The lowest BCUT2D eigenvalue weighted by Gasteiger charge is -2.10. The van der Waals surface area contributed by atoms with Crippen molar-refractivity contribution in [2.75, 3.05) is 11.1 Å². The summed E-state index contributed by atoms with van der Waals surface area (Å²) >= 11 is 0. The first-order chi connectivity index (χ1) is 9.60. The normalized spacial score (nSPS) is 10.2. The van der Waals surface area contributed by atoms with Gasteiger partial charge in [-0.2, -0.15) is 0 Å². The molecular weight excluding hydrogens is 250 g/mol. The Morgan fingerprint density at radius 1 is 1.10 bits per heavy atom. The van der Waals surface area contributed by atoms with Crippen molar-refractivity contribution in [2.24, 2.45) is 5.73 Å². The SMILES string of the molecule is CCc1ccc(CNc2ccc(C(N)=O)cc2N)cc1. The topological polar surface area (TPSA) is 81.1 Å². The predicted molar refractivity (Wildman–Crippen MR) is 82.5 cm³/mol. The third kappa shape index (κ3) is 3.29. The van der Waals surface area contributed by atoms with E-state index in [0.29, 0.717) is 17.8 Å². The van der Waals surface area contributed by atoms with Crippen molar-refractivity contribution in [1.82, 2.24) is 0 Å². The highest BCUT2D eigenvalue weighted by Crippen LogP contribution is 2.20. The Kier molecular flexibility index (Phi) is 4.25. The summed E-state index contributed by atoms with van der Waals surface area (Å²) in [5.41, 5.74) is 15.3. The third-order valence-corrected chi connectivity index (χ3v) is 3.25. The summed E-state index contributed by atoms with van der Waals surface area (Å²) in [7, 11) is 0. The molecular formula is C16H19N3O. The summed E-state index contributed by atoms with van der Waals surface area (Å²) in [6, 6.07) is 13.5. The lowest BCUT2D eigenvalue weighted by molar-refractivity contribution is 0.100. The van der Waals surface area contributed by atoms with Crippen LogP contribution in [-0.4, -0.2) is 5.91 Å². The number of primary amides is 1. The molecule has 4 heteroatoms. The second-order valence-corrected chi connectivity index (χ2v) is 4.69. The van der Waals surface area contributed by atoms with E-state index in [0.717, 1.165) is 12.1 Å². The van der Waals surface area contributed by atoms with Crippen LogP contribution in [-0.2, 0) is 13.0 Å². The van der Waals surface area contributed by atoms with Crippen LogP contribution >= 0.6 is 0 Å². The van der Waals surface area contributed by atoms with E-state index >= 15 is 0 Å². The monoisotopic (exact) mass is 269 g/mol. The van der Waals surface area contributed by atoms with E-state index in [2.05, 4.69) is 36.5 Å². The Bertz CT molecular complexity index is 606. The number of aryl methyl sites for hydroxylation is 1. The maximum atomic E-state index is 11.1. The zero-order valence-corrected chi connectivity index (χ0v) is 11.5. The van der Waals surface area contributed by atoms with Crippen molar-refractivity contribution in [3.8, 4) is 0 Å². The van der Waals surface area contributed by atoms with Crippen LogP contribution in [0.5, 0.6) is 0 Å². The first-order valence-corrected chi connectivity index (χ1v) is 6.61. The number of hydrogen-bond acceptors (Lipinski definition) is 3. The number of nitrogens with two attached hydrogens (primary N) is 2. The highest BCUT2D eigenvalue weighted by Gasteiger charge is 2.04. The lowest BCUT2D eigenvalue weighted by Crippen LogP contribution is -2.12. The fourth-order valence-electron chi connectivity index (χ4n) is 1.97. The molecule has 4 nitrogen and oxygen atoms in total. The average molecular weight is 269 g/mol. The zero-order chi connectivity index (χ0) is 14.5. The molecule has 2 aromatic carbocycles. The molecule has 0 aromatic heterocycles. The van der Waals surface area contributed by atoms with E-state index in [4.69, 9.17) is 11.5 Å². The molecule has 0 unspecified atom stereocenters. The molecule has 5 N–H and O–H groups in total. The maximum absolute atomic E-state index is 11.1. The van der Waals surface area contributed by atoms with E-state index in [1.807, 2.05) is 0 Å². The highest BCUT2D eigenvalue weighted by molar-refractivity contribution is 5.94. The second kappa shape index (κ2) is 6.10. The molecule has 0 saturated heterocycles. The Hall–Kier alpha value is -2.49. The van der Waals surface area contributed by atoms with Crippen LogP contribution in [0.15, 0.2) is 42.5 Å². The van der Waals surface area contributed by atoms with Crippen molar-refractivity contribution < 1.29 is 4.79 Å². The van der Waals surface area contributed by atoms with Gasteiger partial charge < -0.3 is 16.8 Å². The standard InChI is InChI=1S/C16H19N3O/c1-2-11-3-5-12(6-4-11)10-19-15-8-7-13(16(18)20)9-14(15)17/h3-9,19H,2,10,17H2,1H3,(H2,18,20). The molecule has 104 valence electrons. The van der Waals surface area contributed by atoms with E-state index in [9.17, 15) is 4.79 Å². The first kappa shape index (κ1) is 13.9. The van der Waals surface area contributed by atoms with Crippen molar-refractivity contribution in [3.63, 3.8) is 0 Å². The summed E-state index contributed by atoms with van der Waals surface area (Å²) in [5.74, 6) is -0.474. The van der Waals surface area contributed by atoms with Gasteiger partial charge in [0.25, 0.3) is 0 Å². The van der Waals surface area contributed by atoms with Gasteiger partial charge in [-0.1, -0.05) is 31.2 Å². The Morgan fingerprint density at radius 3 is 2.30 bits per heavy atom. The number of carbonyl (C=O) groups is 1. The minimum Gasteiger partial charge on any atom is -0.397 e. The van der Waals surface area contributed by atoms with Gasteiger partial charge in [0.1, 0.15) is 0 Å². The number of anilines is 2. The summed E-state index contributed by atoms with van der Waals surface area (Å²) in [5, 5.41) is 3.26. The lowest BCUT2D eigenvalue weighted by atomic mass is 10.1. The molecule has 0 saturated carbocycles. The summed E-state index contributed by atoms with van der Waals surface area (Å²) in [4.78, 5) is 11.1. The van der Waals surface area contributed by atoms with Crippen LogP contribution in [0.1, 0.15) is 28.4 Å². The number of hydrogen-bond donors (Lipinski definition) is 3. The van der Waals surface area contributed by atoms with Gasteiger partial charge in [0.05, 0.1) is 11.4 Å². The van der Waals surface area contributed by atoms with Crippen LogP contribution in [0.3, 0.4) is 0 Å². The van der Waals surface area contributed by atoms with Crippen LogP contribution in [0, 0.1) is 0 Å². The van der Waals surface area contributed by atoms with Crippen molar-refractivity contribution >= 4 is 17.3 Å². The van der Waals surface area contributed by atoms with Gasteiger partial charge in [0.15, 0.2) is 0 Å². The molecule has 1 amide bonds. The number of rotatable bonds is 5. The fraction of sp³-hybridized carbons (Fsp3) is 0.188. The molecule has 0 aliphatic heterocycles. The van der Waals surface area contributed by atoms with Crippen molar-refractivity contribution in [3.05, 3.63) is 59.2 Å². The van der Waals surface area contributed by atoms with Crippen molar-refractivity contribution in [2.45, 2.75) is 19.9 Å². The summed E-state index contributed by atoms with van der Waals surface area (Å²) < 4.78 is 0. The highest BCUT2D eigenvalue weighted by atomic mass is 16.1. The van der Waals surface area contributed by atoms with Crippen LogP contribution in [0.2, 0.25) is 0 Å². The molecule has 2 aromatic rings. The Morgan fingerprint density at radius 2 is 1.75 bits per heavy atom. The smallest absolute Gasteiger partial charge is 0.248 e. The van der Waals surface area contributed by atoms with Gasteiger partial charge in [-0.05, 0) is 35.7 Å². The van der Waals surface area contributed by atoms with E-state index in [1.165, 1.54) is 11.1 Å². The van der Waals surface area contributed by atoms with E-state index < -0.39 is 5.91 Å². The van der Waals surface area contributed by atoms with Gasteiger partial charge in [0, 0.05) is 12.1 Å². The van der Waals surface area contributed by atoms with E-state index in [-0.39, 0.29) is 0 Å². The van der Waals surface area contributed by atoms with Crippen LogP contribution in [0.25, 0.3) is 0 Å². The first-order valence-electron chi connectivity index (χ1n) is 6.61. The Labute approximate surface area is 118 Å². The molecule has 0 spiro atoms. The second-order valence-electron chi connectivity index (χ2n) is 4.69. The van der Waals surface area contributed by atoms with Gasteiger partial charge in [-0.15, -0.1) is 0 Å². The molecule has 0 atom stereocenters. The fourth-order valence-corrected chi connectivity index (χ4v) is 1.97. The summed E-state index contributed by atoms with van der Waals surface area (Å²) in [6.45, 7) is 2.82. The Balaban J connectivity index is 2.04. The molecule has 0 bridgehead atoms. The minimum absolute atomic E-state index is 0.417. The average Bonchev–Trinajstić information content (AvgIpc) is 2.46. The molecule has 20 heavy (non-hydrogen) atoms. The quantitative estimate of drug-likeness (QED) is 0.730. The summed E-state index contributed by atoms with van der Waals surface area (Å²) in [6.07, 6.45) is 1.04. The zero-order valence-electron chi connectivity index (χ0n) is 11.5. The largest absolute Gasteiger partial charge is 0.397 e. The number of carbonyl (C=O) groups excluding carboxylic acids is 1. The predicted octanol–water partition coefficient (Wildman–Crippen LogP) is 2.54. The molecule has 0 aliphatic carbocycles. The van der Waals surface area contributed by atoms with Crippen molar-refractivity contribution in [1.29, 1.82) is 0 Å². The molecule has 0 aliphatic rings. The molecule has 0 radical (unpaired) electrons. The number of nitrogen functional groups attached to an aromatic ring is 1. The molecule has 0 heterocycles. The van der Waals surface area contributed by atoms with E-state index in [1.54, 1.807) is 18.2 Å². The van der Waals surface area contributed by atoms with Gasteiger partial charge in [-0.25, -0.2) is 0 Å². The van der Waals surface area contributed by atoms with Gasteiger partial charge in [0.2, 0.25) is 5.91 Å². The molecule has 0 fully saturated rings. The van der Waals surface area contributed by atoms with Gasteiger partial charge >= 0.3 is 0 Å².